The lowest BCUT2D eigenvalue weighted by Gasteiger charge is -2.18. The zero-order valence-corrected chi connectivity index (χ0v) is 17.0. The molecule has 0 aliphatic carbocycles. The Kier molecular flexibility index (Phi) is 5.05. The summed E-state index contributed by atoms with van der Waals surface area (Å²) in [6, 6.07) is 18.5. The van der Waals surface area contributed by atoms with Crippen LogP contribution in [0, 0.1) is 0 Å². The Morgan fingerprint density at radius 2 is 1.71 bits per heavy atom. The standard InChI is InChI=1S/C22H22N4OS/c1-22(2,3)18-9-7-17(8-10-18)20-24-25-21(27-20)28-15-16-5-11-19(12-6-16)26-14-4-13-23-26/h4-14H,15H2,1-3H3. The molecule has 0 radical (unpaired) electrons. The second kappa shape index (κ2) is 7.64. The van der Waals surface area contributed by atoms with Crippen molar-refractivity contribution in [1.82, 2.24) is 20.0 Å². The van der Waals surface area contributed by atoms with Crippen LogP contribution in [0.4, 0.5) is 0 Å². The minimum absolute atomic E-state index is 0.126. The van der Waals surface area contributed by atoms with Gasteiger partial charge in [0.2, 0.25) is 5.89 Å². The van der Waals surface area contributed by atoms with Crippen LogP contribution in [-0.2, 0) is 11.2 Å². The van der Waals surface area contributed by atoms with Crippen molar-refractivity contribution in [2.75, 3.05) is 0 Å². The molecule has 5 nitrogen and oxygen atoms in total. The molecule has 0 atom stereocenters. The summed E-state index contributed by atoms with van der Waals surface area (Å²) in [7, 11) is 0. The average molecular weight is 391 g/mol. The first-order chi connectivity index (χ1) is 13.5. The molecule has 0 fully saturated rings. The Balaban J connectivity index is 1.40. The second-order valence-electron chi connectivity index (χ2n) is 7.61. The molecule has 2 heterocycles. The number of benzene rings is 2. The lowest BCUT2D eigenvalue weighted by molar-refractivity contribution is 0.466. The van der Waals surface area contributed by atoms with Gasteiger partial charge in [-0.3, -0.25) is 0 Å². The number of hydrogen-bond acceptors (Lipinski definition) is 5. The summed E-state index contributed by atoms with van der Waals surface area (Å²) in [5.41, 5.74) is 4.58. The van der Waals surface area contributed by atoms with Gasteiger partial charge >= 0.3 is 0 Å². The van der Waals surface area contributed by atoms with E-state index in [1.54, 1.807) is 6.20 Å². The molecule has 0 aliphatic rings. The van der Waals surface area contributed by atoms with Gasteiger partial charge in [0.05, 0.1) is 5.69 Å². The second-order valence-corrected chi connectivity index (χ2v) is 8.53. The highest BCUT2D eigenvalue weighted by Crippen LogP contribution is 2.28. The third-order valence-corrected chi connectivity index (χ3v) is 5.36. The van der Waals surface area contributed by atoms with Gasteiger partial charge in [-0.15, -0.1) is 10.2 Å². The molecular formula is C22H22N4OS. The van der Waals surface area contributed by atoms with Crippen LogP contribution in [0.3, 0.4) is 0 Å². The molecule has 2 aromatic carbocycles. The van der Waals surface area contributed by atoms with Gasteiger partial charge in [-0.1, -0.05) is 56.8 Å². The highest BCUT2D eigenvalue weighted by atomic mass is 32.2. The first-order valence-electron chi connectivity index (χ1n) is 9.15. The first kappa shape index (κ1) is 18.5. The summed E-state index contributed by atoms with van der Waals surface area (Å²) in [4.78, 5) is 0. The van der Waals surface area contributed by atoms with Crippen LogP contribution < -0.4 is 0 Å². The molecule has 142 valence electrons. The molecule has 0 amide bonds. The van der Waals surface area contributed by atoms with Crippen molar-refractivity contribution in [3.05, 3.63) is 78.1 Å². The van der Waals surface area contributed by atoms with Crippen LogP contribution in [0.2, 0.25) is 0 Å². The summed E-state index contributed by atoms with van der Waals surface area (Å²) in [5, 5.41) is 13.2. The van der Waals surface area contributed by atoms with Crippen LogP contribution in [0.5, 0.6) is 0 Å². The molecule has 0 saturated carbocycles. The van der Waals surface area contributed by atoms with Gasteiger partial charge in [0.15, 0.2) is 0 Å². The Morgan fingerprint density at radius 1 is 0.964 bits per heavy atom. The number of rotatable bonds is 5. The molecular weight excluding hydrogens is 368 g/mol. The summed E-state index contributed by atoms with van der Waals surface area (Å²) in [6.07, 6.45) is 3.70. The molecule has 0 N–H and O–H groups in total. The van der Waals surface area contributed by atoms with Crippen molar-refractivity contribution in [1.29, 1.82) is 0 Å². The van der Waals surface area contributed by atoms with E-state index in [0.717, 1.165) is 17.0 Å². The van der Waals surface area contributed by atoms with Gasteiger partial charge in [0.25, 0.3) is 5.22 Å². The van der Waals surface area contributed by atoms with E-state index >= 15 is 0 Å². The quantitative estimate of drug-likeness (QED) is 0.420. The molecule has 0 unspecified atom stereocenters. The Labute approximate surface area is 168 Å². The lowest BCUT2D eigenvalue weighted by Crippen LogP contribution is -2.10. The van der Waals surface area contributed by atoms with Gasteiger partial charge in [0, 0.05) is 23.7 Å². The molecule has 0 bridgehead atoms. The molecule has 28 heavy (non-hydrogen) atoms. The van der Waals surface area contributed by atoms with Crippen molar-refractivity contribution in [2.24, 2.45) is 0 Å². The Hall–Kier alpha value is -2.86. The fourth-order valence-electron chi connectivity index (χ4n) is 2.81. The monoisotopic (exact) mass is 390 g/mol. The molecule has 4 aromatic rings. The maximum atomic E-state index is 5.83. The SMILES string of the molecule is CC(C)(C)c1ccc(-c2nnc(SCc3ccc(-n4cccn4)cc3)o2)cc1. The van der Waals surface area contributed by atoms with E-state index in [1.807, 2.05) is 29.1 Å². The summed E-state index contributed by atoms with van der Waals surface area (Å²) >= 11 is 1.54. The number of thioether (sulfide) groups is 1. The highest BCUT2D eigenvalue weighted by Gasteiger charge is 2.15. The van der Waals surface area contributed by atoms with E-state index in [-0.39, 0.29) is 5.41 Å². The maximum Gasteiger partial charge on any atom is 0.277 e. The van der Waals surface area contributed by atoms with Crippen LogP contribution in [-0.4, -0.2) is 20.0 Å². The Morgan fingerprint density at radius 3 is 2.36 bits per heavy atom. The highest BCUT2D eigenvalue weighted by molar-refractivity contribution is 7.98. The molecule has 4 rings (SSSR count). The van der Waals surface area contributed by atoms with E-state index in [1.165, 1.54) is 22.9 Å². The van der Waals surface area contributed by atoms with Gasteiger partial charge in [-0.2, -0.15) is 5.10 Å². The topological polar surface area (TPSA) is 56.7 Å². The van der Waals surface area contributed by atoms with Crippen LogP contribution in [0.25, 0.3) is 17.1 Å². The summed E-state index contributed by atoms with van der Waals surface area (Å²) in [5.74, 6) is 1.32. The molecule has 0 spiro atoms. The van der Waals surface area contributed by atoms with Crippen LogP contribution >= 0.6 is 11.8 Å². The van der Waals surface area contributed by atoms with E-state index < -0.39 is 0 Å². The van der Waals surface area contributed by atoms with Crippen molar-refractivity contribution in [3.63, 3.8) is 0 Å². The predicted molar refractivity (Wildman–Crippen MR) is 112 cm³/mol. The zero-order chi connectivity index (χ0) is 19.6. The van der Waals surface area contributed by atoms with Crippen LogP contribution in [0.1, 0.15) is 31.9 Å². The van der Waals surface area contributed by atoms with E-state index in [9.17, 15) is 0 Å². The fourth-order valence-corrected chi connectivity index (χ4v) is 3.53. The lowest BCUT2D eigenvalue weighted by atomic mass is 9.87. The van der Waals surface area contributed by atoms with Gasteiger partial charge in [0.1, 0.15) is 0 Å². The molecule has 0 saturated heterocycles. The first-order valence-corrected chi connectivity index (χ1v) is 10.1. The summed E-state index contributed by atoms with van der Waals surface area (Å²) in [6.45, 7) is 6.60. The number of nitrogens with zero attached hydrogens (tertiary/aromatic N) is 4. The largest absolute Gasteiger partial charge is 0.411 e. The van der Waals surface area contributed by atoms with Gasteiger partial charge in [-0.25, -0.2) is 4.68 Å². The summed E-state index contributed by atoms with van der Waals surface area (Å²) < 4.78 is 7.67. The van der Waals surface area contributed by atoms with Crippen molar-refractivity contribution in [2.45, 2.75) is 37.2 Å². The van der Waals surface area contributed by atoms with Crippen LogP contribution in [0.15, 0.2) is 76.6 Å². The maximum absolute atomic E-state index is 5.83. The van der Waals surface area contributed by atoms with E-state index in [4.69, 9.17) is 4.42 Å². The third kappa shape index (κ3) is 4.17. The third-order valence-electron chi connectivity index (χ3n) is 4.47. The van der Waals surface area contributed by atoms with E-state index in [2.05, 4.69) is 72.5 Å². The minimum Gasteiger partial charge on any atom is -0.411 e. The normalized spacial score (nSPS) is 11.7. The average Bonchev–Trinajstić information content (AvgIpc) is 3.38. The van der Waals surface area contributed by atoms with Crippen molar-refractivity contribution >= 4 is 11.8 Å². The smallest absolute Gasteiger partial charge is 0.277 e. The Bertz CT molecular complexity index is 1030. The van der Waals surface area contributed by atoms with E-state index in [0.29, 0.717) is 11.1 Å². The molecule has 6 heteroatoms. The fraction of sp³-hybridized carbons (Fsp3) is 0.227. The number of hydrogen-bond donors (Lipinski definition) is 0. The minimum atomic E-state index is 0.126. The van der Waals surface area contributed by atoms with Crippen molar-refractivity contribution < 1.29 is 4.42 Å². The number of aromatic nitrogens is 4. The van der Waals surface area contributed by atoms with Gasteiger partial charge in [-0.05, 0) is 46.9 Å². The van der Waals surface area contributed by atoms with Gasteiger partial charge < -0.3 is 4.42 Å². The van der Waals surface area contributed by atoms with Crippen molar-refractivity contribution in [3.8, 4) is 17.1 Å². The molecule has 0 aliphatic heterocycles. The molecule has 2 aromatic heterocycles. The zero-order valence-electron chi connectivity index (χ0n) is 16.2. The predicted octanol–water partition coefficient (Wildman–Crippen LogP) is 5.51.